The van der Waals surface area contributed by atoms with Crippen molar-refractivity contribution in [3.63, 3.8) is 0 Å². The van der Waals surface area contributed by atoms with Crippen LogP contribution in [0, 0.1) is 0 Å². The number of nitrogens with one attached hydrogen (secondary N) is 1. The Bertz CT molecular complexity index is 584. The molecule has 0 radical (unpaired) electrons. The minimum atomic E-state index is -1.86. The average Bonchev–Trinajstić information content (AvgIpc) is 2.70. The highest BCUT2D eigenvalue weighted by atomic mass is 19.1. The molecular weight excluding hydrogens is 271 g/mol. The molecule has 0 bridgehead atoms. The van der Waals surface area contributed by atoms with Crippen molar-refractivity contribution in [1.29, 1.82) is 0 Å². The van der Waals surface area contributed by atoms with E-state index in [0.717, 1.165) is 4.57 Å². The van der Waals surface area contributed by atoms with Gasteiger partial charge < -0.3 is 14.9 Å². The first-order valence-electron chi connectivity index (χ1n) is 6.42. The van der Waals surface area contributed by atoms with Gasteiger partial charge >= 0.3 is 5.69 Å². The third-order valence-corrected chi connectivity index (χ3v) is 3.31. The Morgan fingerprint density at radius 1 is 1.50 bits per heavy atom. The SMILES string of the molecule is CCCc1cn([C@@H]2O[C@H](CO)[C@@H](O)[C@@H]2F)c(=O)[nH]c1=O. The van der Waals surface area contributed by atoms with Crippen LogP contribution in [0.5, 0.6) is 0 Å². The van der Waals surface area contributed by atoms with Crippen molar-refractivity contribution in [3.05, 3.63) is 32.6 Å². The second-order valence-electron chi connectivity index (χ2n) is 4.75. The highest BCUT2D eigenvalue weighted by molar-refractivity contribution is 5.06. The van der Waals surface area contributed by atoms with Crippen LogP contribution < -0.4 is 11.2 Å². The Morgan fingerprint density at radius 3 is 2.75 bits per heavy atom. The number of aryl methyl sites for hydroxylation is 1. The van der Waals surface area contributed by atoms with Gasteiger partial charge in [0.2, 0.25) is 0 Å². The summed E-state index contributed by atoms with van der Waals surface area (Å²) in [5.41, 5.74) is -0.987. The van der Waals surface area contributed by atoms with Gasteiger partial charge in [-0.2, -0.15) is 0 Å². The molecule has 3 N–H and O–H groups in total. The molecule has 0 aromatic carbocycles. The lowest BCUT2D eigenvalue weighted by Gasteiger charge is -2.16. The van der Waals surface area contributed by atoms with Crippen LogP contribution >= 0.6 is 0 Å². The second-order valence-corrected chi connectivity index (χ2v) is 4.75. The zero-order valence-electron chi connectivity index (χ0n) is 11.0. The minimum absolute atomic E-state index is 0.338. The maximum atomic E-state index is 14.0. The van der Waals surface area contributed by atoms with E-state index < -0.39 is 42.5 Å². The normalized spacial score (nSPS) is 29.8. The number of aliphatic hydroxyl groups excluding tert-OH is 2. The number of hydrogen-bond acceptors (Lipinski definition) is 5. The van der Waals surface area contributed by atoms with Crippen LogP contribution in [0.15, 0.2) is 15.8 Å². The fourth-order valence-corrected chi connectivity index (χ4v) is 2.24. The van der Waals surface area contributed by atoms with Gasteiger partial charge in [-0.1, -0.05) is 13.3 Å². The Hall–Kier alpha value is -1.51. The van der Waals surface area contributed by atoms with Crippen molar-refractivity contribution in [2.45, 2.75) is 44.4 Å². The van der Waals surface area contributed by atoms with E-state index in [2.05, 4.69) is 4.98 Å². The molecule has 0 unspecified atom stereocenters. The topological polar surface area (TPSA) is 105 Å². The lowest BCUT2D eigenvalue weighted by atomic mass is 10.1. The third-order valence-electron chi connectivity index (χ3n) is 3.31. The van der Waals surface area contributed by atoms with E-state index in [9.17, 15) is 19.1 Å². The number of hydrogen-bond donors (Lipinski definition) is 3. The van der Waals surface area contributed by atoms with E-state index in [1.165, 1.54) is 6.20 Å². The van der Waals surface area contributed by atoms with Gasteiger partial charge in [0.1, 0.15) is 12.2 Å². The molecule has 1 aromatic rings. The fourth-order valence-electron chi connectivity index (χ4n) is 2.24. The quantitative estimate of drug-likeness (QED) is 0.664. The number of aromatic nitrogens is 2. The molecule has 1 aliphatic rings. The summed E-state index contributed by atoms with van der Waals surface area (Å²) in [7, 11) is 0. The minimum Gasteiger partial charge on any atom is -0.394 e. The van der Waals surface area contributed by atoms with Crippen LogP contribution in [0.1, 0.15) is 25.1 Å². The number of nitrogens with zero attached hydrogens (tertiary/aromatic N) is 1. The molecule has 8 heteroatoms. The molecule has 112 valence electrons. The summed E-state index contributed by atoms with van der Waals surface area (Å²) in [5.74, 6) is 0. The van der Waals surface area contributed by atoms with Crippen LogP contribution in [-0.4, -0.2) is 44.8 Å². The summed E-state index contributed by atoms with van der Waals surface area (Å²) in [6, 6.07) is 0. The molecule has 0 amide bonds. The van der Waals surface area contributed by atoms with Gasteiger partial charge in [0.15, 0.2) is 12.4 Å². The molecule has 1 fully saturated rings. The van der Waals surface area contributed by atoms with Crippen LogP contribution in [-0.2, 0) is 11.2 Å². The summed E-state index contributed by atoms with van der Waals surface area (Å²) >= 11 is 0. The fraction of sp³-hybridized carbons (Fsp3) is 0.667. The number of rotatable bonds is 4. The number of alkyl halides is 1. The summed E-state index contributed by atoms with van der Waals surface area (Å²) < 4.78 is 20.0. The van der Waals surface area contributed by atoms with Gasteiger partial charge in [-0.15, -0.1) is 0 Å². The first-order valence-corrected chi connectivity index (χ1v) is 6.42. The number of halogens is 1. The maximum absolute atomic E-state index is 14.0. The molecule has 2 rings (SSSR count). The molecular formula is C12H17FN2O5. The zero-order valence-corrected chi connectivity index (χ0v) is 11.0. The second kappa shape index (κ2) is 5.86. The molecule has 1 aliphatic heterocycles. The van der Waals surface area contributed by atoms with E-state index >= 15 is 0 Å². The van der Waals surface area contributed by atoms with E-state index in [4.69, 9.17) is 9.84 Å². The van der Waals surface area contributed by atoms with Crippen LogP contribution in [0.2, 0.25) is 0 Å². The van der Waals surface area contributed by atoms with Gasteiger partial charge in [-0.05, 0) is 6.42 Å². The largest absolute Gasteiger partial charge is 0.394 e. The summed E-state index contributed by atoms with van der Waals surface area (Å²) in [6.45, 7) is 1.31. The van der Waals surface area contributed by atoms with Crippen LogP contribution in [0.3, 0.4) is 0 Å². The summed E-state index contributed by atoms with van der Waals surface area (Å²) in [4.78, 5) is 25.4. The van der Waals surface area contributed by atoms with Gasteiger partial charge in [-0.3, -0.25) is 14.3 Å². The predicted octanol–water partition coefficient (Wildman–Crippen LogP) is -0.922. The van der Waals surface area contributed by atoms with Crippen molar-refractivity contribution < 1.29 is 19.3 Å². The van der Waals surface area contributed by atoms with Crippen molar-refractivity contribution in [2.24, 2.45) is 0 Å². The monoisotopic (exact) mass is 288 g/mol. The first kappa shape index (κ1) is 14.9. The first-order chi connectivity index (χ1) is 9.49. The molecule has 0 aliphatic carbocycles. The Labute approximate surface area is 113 Å². The third kappa shape index (κ3) is 2.54. The average molecular weight is 288 g/mol. The van der Waals surface area contributed by atoms with E-state index in [1.807, 2.05) is 6.92 Å². The van der Waals surface area contributed by atoms with Crippen LogP contribution in [0.25, 0.3) is 0 Å². The van der Waals surface area contributed by atoms with Gasteiger partial charge in [-0.25, -0.2) is 9.18 Å². The molecule has 7 nitrogen and oxygen atoms in total. The standard InChI is InChI=1S/C12H17FN2O5/c1-2-3-6-4-15(12(19)14-10(6)18)11-8(13)9(17)7(5-16)20-11/h4,7-9,11,16-17H,2-3,5H2,1H3,(H,14,18,19)/t7-,8+,9-,11-/m1/s1. The Balaban J connectivity index is 2.40. The van der Waals surface area contributed by atoms with Crippen molar-refractivity contribution >= 4 is 0 Å². The maximum Gasteiger partial charge on any atom is 0.330 e. The molecule has 0 spiro atoms. The van der Waals surface area contributed by atoms with E-state index in [-0.39, 0.29) is 0 Å². The molecule has 0 saturated carbocycles. The van der Waals surface area contributed by atoms with Crippen molar-refractivity contribution in [2.75, 3.05) is 6.61 Å². The summed E-state index contributed by atoms with van der Waals surface area (Å²) in [6.07, 6.45) is -3.46. The zero-order chi connectivity index (χ0) is 14.9. The van der Waals surface area contributed by atoms with Crippen LogP contribution in [0.4, 0.5) is 4.39 Å². The number of aliphatic hydroxyl groups is 2. The van der Waals surface area contributed by atoms with Crippen molar-refractivity contribution in [1.82, 2.24) is 9.55 Å². The van der Waals surface area contributed by atoms with Gasteiger partial charge in [0, 0.05) is 11.8 Å². The Morgan fingerprint density at radius 2 is 2.20 bits per heavy atom. The molecule has 1 saturated heterocycles. The lowest BCUT2D eigenvalue weighted by Crippen LogP contribution is -2.37. The van der Waals surface area contributed by atoms with Gasteiger partial charge in [0.25, 0.3) is 5.56 Å². The summed E-state index contributed by atoms with van der Waals surface area (Å²) in [5, 5.41) is 18.5. The molecule has 1 aromatic heterocycles. The molecule has 4 atom stereocenters. The van der Waals surface area contributed by atoms with Crippen molar-refractivity contribution in [3.8, 4) is 0 Å². The highest BCUT2D eigenvalue weighted by Crippen LogP contribution is 2.30. The van der Waals surface area contributed by atoms with E-state index in [1.54, 1.807) is 0 Å². The highest BCUT2D eigenvalue weighted by Gasteiger charge is 2.45. The van der Waals surface area contributed by atoms with E-state index in [0.29, 0.717) is 18.4 Å². The number of aromatic amines is 1. The predicted molar refractivity (Wildman–Crippen MR) is 67.2 cm³/mol. The number of H-pyrrole nitrogens is 1. The smallest absolute Gasteiger partial charge is 0.330 e. The van der Waals surface area contributed by atoms with Gasteiger partial charge in [0.05, 0.1) is 6.61 Å². The molecule has 2 heterocycles. The number of ether oxygens (including phenoxy) is 1. The molecule has 20 heavy (non-hydrogen) atoms. The lowest BCUT2D eigenvalue weighted by molar-refractivity contribution is -0.0492. The Kier molecular flexibility index (Phi) is 4.36.